The van der Waals surface area contributed by atoms with Gasteiger partial charge in [-0.05, 0) is 73.3 Å². The number of aromatic amines is 1. The number of halogens is 1. The minimum Gasteiger partial charge on any atom is -0.478 e. The van der Waals surface area contributed by atoms with Gasteiger partial charge in [0.25, 0.3) is 0 Å². The highest BCUT2D eigenvalue weighted by Gasteiger charge is 2.18. The van der Waals surface area contributed by atoms with E-state index in [1.165, 1.54) is 18.9 Å². The summed E-state index contributed by atoms with van der Waals surface area (Å²) in [6.07, 6.45) is 2.38. The number of aromatic carboxylic acids is 1. The van der Waals surface area contributed by atoms with Gasteiger partial charge in [0, 0.05) is 12.1 Å². The van der Waals surface area contributed by atoms with Gasteiger partial charge in [0.1, 0.15) is 17.2 Å². The van der Waals surface area contributed by atoms with Gasteiger partial charge in [0.15, 0.2) is 0 Å². The number of fused-ring (bicyclic) bond motifs is 1. The minimum atomic E-state index is -1.02. The number of hydrogen-bond donors (Lipinski definition) is 2. The van der Waals surface area contributed by atoms with E-state index in [1.54, 1.807) is 19.1 Å². The summed E-state index contributed by atoms with van der Waals surface area (Å²) in [7, 11) is 0. The topological polar surface area (TPSA) is 69.2 Å². The van der Waals surface area contributed by atoms with Crippen molar-refractivity contribution in [1.29, 1.82) is 0 Å². The van der Waals surface area contributed by atoms with Crippen molar-refractivity contribution < 1.29 is 14.3 Å². The molecule has 5 rings (SSSR count). The van der Waals surface area contributed by atoms with Crippen LogP contribution in [0.4, 0.5) is 4.39 Å². The van der Waals surface area contributed by atoms with Crippen molar-refractivity contribution in [3.8, 4) is 22.3 Å². The van der Waals surface area contributed by atoms with Gasteiger partial charge in [-0.15, -0.1) is 0 Å². The Morgan fingerprint density at radius 2 is 1.78 bits per heavy atom. The van der Waals surface area contributed by atoms with Gasteiger partial charge < -0.3 is 10.1 Å². The lowest BCUT2D eigenvalue weighted by Crippen LogP contribution is -2.19. The number of benzene rings is 3. The molecule has 32 heavy (non-hydrogen) atoms. The lowest BCUT2D eigenvalue weighted by molar-refractivity contribution is 0.0699. The predicted molar refractivity (Wildman–Crippen MR) is 123 cm³/mol. The molecule has 0 spiro atoms. The first-order valence-electron chi connectivity index (χ1n) is 10.8. The van der Waals surface area contributed by atoms with E-state index < -0.39 is 5.97 Å². The highest BCUT2D eigenvalue weighted by Crippen LogP contribution is 2.32. The largest absolute Gasteiger partial charge is 0.478 e. The fourth-order valence-corrected chi connectivity index (χ4v) is 4.61. The third-order valence-corrected chi connectivity index (χ3v) is 6.13. The molecule has 1 aliphatic heterocycles. The van der Waals surface area contributed by atoms with Crippen LogP contribution in [-0.2, 0) is 6.54 Å². The molecule has 0 unspecified atom stereocenters. The molecule has 4 aromatic rings. The molecule has 1 aliphatic rings. The number of hydrogen-bond acceptors (Lipinski definition) is 3. The number of nitrogens with zero attached hydrogens (tertiary/aromatic N) is 2. The molecule has 0 saturated carbocycles. The quantitative estimate of drug-likeness (QED) is 0.431. The number of carboxylic acids is 1. The SMILES string of the molecule is Cc1nc2c(C(=O)O)cc(-c3ccc(-c4c(F)cccc4CN4CCCC4)cc3)cc2[nH]1. The van der Waals surface area contributed by atoms with Crippen molar-refractivity contribution in [2.24, 2.45) is 0 Å². The van der Waals surface area contributed by atoms with Crippen molar-refractivity contribution in [2.45, 2.75) is 26.3 Å². The van der Waals surface area contributed by atoms with Crippen molar-refractivity contribution in [3.05, 3.63) is 77.4 Å². The molecule has 1 saturated heterocycles. The highest BCUT2D eigenvalue weighted by molar-refractivity contribution is 6.03. The summed E-state index contributed by atoms with van der Waals surface area (Å²) in [6, 6.07) is 16.5. The van der Waals surface area contributed by atoms with E-state index in [-0.39, 0.29) is 11.4 Å². The average Bonchev–Trinajstić information content (AvgIpc) is 3.41. The molecule has 0 radical (unpaired) electrons. The summed E-state index contributed by atoms with van der Waals surface area (Å²) in [6.45, 7) is 4.65. The van der Waals surface area contributed by atoms with Crippen LogP contribution in [0.3, 0.4) is 0 Å². The molecule has 0 bridgehead atoms. The summed E-state index contributed by atoms with van der Waals surface area (Å²) in [5.41, 5.74) is 5.38. The number of nitrogens with one attached hydrogen (secondary N) is 1. The first-order valence-corrected chi connectivity index (χ1v) is 10.8. The van der Waals surface area contributed by atoms with Crippen molar-refractivity contribution in [3.63, 3.8) is 0 Å². The number of likely N-dealkylation sites (tertiary alicyclic amines) is 1. The van der Waals surface area contributed by atoms with E-state index in [4.69, 9.17) is 0 Å². The van der Waals surface area contributed by atoms with Crippen LogP contribution in [0.15, 0.2) is 54.6 Å². The second-order valence-electron chi connectivity index (χ2n) is 8.38. The van der Waals surface area contributed by atoms with Crippen LogP contribution in [0, 0.1) is 12.7 Å². The van der Waals surface area contributed by atoms with Crippen LogP contribution >= 0.6 is 0 Å². The Morgan fingerprint density at radius 1 is 1.06 bits per heavy atom. The molecule has 0 amide bonds. The summed E-state index contributed by atoms with van der Waals surface area (Å²) in [4.78, 5) is 21.6. The van der Waals surface area contributed by atoms with E-state index in [1.807, 2.05) is 36.4 Å². The fraction of sp³-hybridized carbons (Fsp3) is 0.231. The summed E-state index contributed by atoms with van der Waals surface area (Å²) >= 11 is 0. The molecule has 1 fully saturated rings. The maximum atomic E-state index is 14.9. The van der Waals surface area contributed by atoms with E-state index >= 15 is 0 Å². The Hall–Kier alpha value is -3.51. The second-order valence-corrected chi connectivity index (χ2v) is 8.38. The fourth-order valence-electron chi connectivity index (χ4n) is 4.61. The molecular formula is C26H24FN3O2. The number of carboxylic acid groups (broad SMARTS) is 1. The van der Waals surface area contributed by atoms with Gasteiger partial charge in [0.05, 0.1) is 11.1 Å². The van der Waals surface area contributed by atoms with Crippen LogP contribution in [-0.4, -0.2) is 39.0 Å². The van der Waals surface area contributed by atoms with E-state index in [0.29, 0.717) is 22.4 Å². The normalized spacial score (nSPS) is 14.3. The molecule has 0 aliphatic carbocycles. The number of aromatic nitrogens is 2. The molecule has 0 atom stereocenters. The predicted octanol–water partition coefficient (Wildman–Crippen LogP) is 5.64. The van der Waals surface area contributed by atoms with Crippen molar-refractivity contribution >= 4 is 17.0 Å². The molecular weight excluding hydrogens is 405 g/mol. The molecule has 5 nitrogen and oxygen atoms in total. The Morgan fingerprint density at radius 3 is 2.50 bits per heavy atom. The second kappa shape index (κ2) is 8.20. The average molecular weight is 429 g/mol. The number of aryl methyl sites for hydroxylation is 1. The molecule has 6 heteroatoms. The molecule has 1 aromatic heterocycles. The standard InChI is InChI=1S/C26H24FN3O2/c1-16-28-23-14-20(13-21(26(31)32)25(23)29-16)17-7-9-18(10-8-17)24-19(5-4-6-22(24)27)15-30-11-2-3-12-30/h4-10,13-14H,2-3,11-12,15H2,1H3,(H,28,29)(H,31,32). The third-order valence-electron chi connectivity index (χ3n) is 6.13. The van der Waals surface area contributed by atoms with Gasteiger partial charge in [-0.1, -0.05) is 36.4 Å². The third kappa shape index (κ3) is 3.78. The zero-order valence-corrected chi connectivity index (χ0v) is 17.9. The maximum absolute atomic E-state index is 14.9. The first kappa shape index (κ1) is 20.4. The Balaban J connectivity index is 1.52. The Bertz CT molecular complexity index is 1300. The number of imidazole rings is 1. The van der Waals surface area contributed by atoms with Crippen LogP contribution in [0.5, 0.6) is 0 Å². The van der Waals surface area contributed by atoms with Gasteiger partial charge in [-0.2, -0.15) is 0 Å². The maximum Gasteiger partial charge on any atom is 0.337 e. The Kier molecular flexibility index (Phi) is 5.23. The first-order chi connectivity index (χ1) is 15.5. The van der Waals surface area contributed by atoms with E-state index in [9.17, 15) is 14.3 Å². The van der Waals surface area contributed by atoms with E-state index in [0.717, 1.165) is 41.9 Å². The van der Waals surface area contributed by atoms with Gasteiger partial charge in [0.2, 0.25) is 0 Å². The smallest absolute Gasteiger partial charge is 0.337 e. The zero-order chi connectivity index (χ0) is 22.2. The molecule has 162 valence electrons. The molecule has 2 heterocycles. The van der Waals surface area contributed by atoms with Gasteiger partial charge in [-0.25, -0.2) is 14.2 Å². The van der Waals surface area contributed by atoms with Gasteiger partial charge >= 0.3 is 5.97 Å². The summed E-state index contributed by atoms with van der Waals surface area (Å²) in [5, 5.41) is 9.63. The number of carbonyl (C=O) groups is 1. The molecule has 3 aromatic carbocycles. The van der Waals surface area contributed by atoms with Crippen LogP contribution in [0.25, 0.3) is 33.3 Å². The minimum absolute atomic E-state index is 0.160. The van der Waals surface area contributed by atoms with Gasteiger partial charge in [-0.3, -0.25) is 4.90 Å². The zero-order valence-electron chi connectivity index (χ0n) is 17.9. The van der Waals surface area contributed by atoms with Crippen LogP contribution in [0.1, 0.15) is 34.6 Å². The van der Waals surface area contributed by atoms with Crippen LogP contribution < -0.4 is 0 Å². The summed E-state index contributed by atoms with van der Waals surface area (Å²) < 4.78 is 14.9. The monoisotopic (exact) mass is 429 g/mol. The lowest BCUT2D eigenvalue weighted by atomic mass is 9.95. The molecule has 2 N–H and O–H groups in total. The number of rotatable bonds is 5. The lowest BCUT2D eigenvalue weighted by Gasteiger charge is -2.18. The highest BCUT2D eigenvalue weighted by atomic mass is 19.1. The Labute approximate surface area is 185 Å². The van der Waals surface area contributed by atoms with Crippen LogP contribution in [0.2, 0.25) is 0 Å². The van der Waals surface area contributed by atoms with E-state index in [2.05, 4.69) is 14.9 Å². The van der Waals surface area contributed by atoms with Crippen molar-refractivity contribution in [2.75, 3.05) is 13.1 Å². The summed E-state index contributed by atoms with van der Waals surface area (Å²) in [5.74, 6) is -0.574. The number of H-pyrrole nitrogens is 1. The van der Waals surface area contributed by atoms with Crippen molar-refractivity contribution in [1.82, 2.24) is 14.9 Å².